The molecule has 1 unspecified atom stereocenters. The third-order valence-corrected chi connectivity index (χ3v) is 3.70. The average molecular weight is 201 g/mol. The van der Waals surface area contributed by atoms with Gasteiger partial charge in [0.2, 0.25) is 0 Å². The van der Waals surface area contributed by atoms with Crippen LogP contribution in [0.25, 0.3) is 0 Å². The first-order chi connectivity index (χ1) is 6.36. The van der Waals surface area contributed by atoms with E-state index in [9.17, 15) is 0 Å². The van der Waals surface area contributed by atoms with Crippen molar-refractivity contribution in [3.63, 3.8) is 0 Å². The van der Waals surface area contributed by atoms with Gasteiger partial charge in [0.05, 0.1) is 0 Å². The number of thioether (sulfide) groups is 1. The molecule has 0 radical (unpaired) electrons. The van der Waals surface area contributed by atoms with E-state index in [1.165, 1.54) is 50.4 Å². The van der Waals surface area contributed by atoms with Crippen LogP contribution in [-0.4, -0.2) is 36.0 Å². The Morgan fingerprint density at radius 1 is 1.38 bits per heavy atom. The number of nitrogens with zero attached hydrogens (tertiary/aromatic N) is 1. The van der Waals surface area contributed by atoms with Crippen LogP contribution < -0.4 is 0 Å². The van der Waals surface area contributed by atoms with Crippen molar-refractivity contribution in [3.8, 4) is 0 Å². The second kappa shape index (κ2) is 6.72. The van der Waals surface area contributed by atoms with Crippen molar-refractivity contribution < 1.29 is 0 Å². The van der Waals surface area contributed by atoms with Gasteiger partial charge >= 0.3 is 0 Å². The van der Waals surface area contributed by atoms with E-state index >= 15 is 0 Å². The lowest BCUT2D eigenvalue weighted by Crippen LogP contribution is -2.23. The van der Waals surface area contributed by atoms with E-state index < -0.39 is 0 Å². The van der Waals surface area contributed by atoms with Crippen LogP contribution in [0.3, 0.4) is 0 Å². The summed E-state index contributed by atoms with van der Waals surface area (Å²) in [7, 11) is 0. The van der Waals surface area contributed by atoms with Crippen LogP contribution in [0, 0.1) is 5.92 Å². The molecule has 0 N–H and O–H groups in total. The molecule has 0 amide bonds. The lowest BCUT2D eigenvalue weighted by Gasteiger charge is -2.14. The standard InChI is InChI=1S/C11H23NS/c1-3-5-11-6-7-12(10-11)8-9-13-4-2/h11H,3-10H2,1-2H3. The van der Waals surface area contributed by atoms with Crippen molar-refractivity contribution in [1.82, 2.24) is 4.90 Å². The Kier molecular flexibility index (Phi) is 5.88. The summed E-state index contributed by atoms with van der Waals surface area (Å²) in [6.07, 6.45) is 4.25. The Morgan fingerprint density at radius 3 is 2.92 bits per heavy atom. The van der Waals surface area contributed by atoms with E-state index in [1.807, 2.05) is 0 Å². The normalized spacial score (nSPS) is 24.0. The van der Waals surface area contributed by atoms with Gasteiger partial charge in [0.15, 0.2) is 0 Å². The molecule has 0 aromatic carbocycles. The molecule has 0 aliphatic carbocycles. The molecule has 78 valence electrons. The third kappa shape index (κ3) is 4.37. The van der Waals surface area contributed by atoms with Crippen LogP contribution in [0.5, 0.6) is 0 Å². The maximum Gasteiger partial charge on any atom is 0.00725 e. The summed E-state index contributed by atoms with van der Waals surface area (Å²) in [6, 6.07) is 0. The minimum atomic E-state index is 1.01. The first-order valence-electron chi connectivity index (χ1n) is 5.66. The molecule has 1 rings (SSSR count). The maximum atomic E-state index is 2.64. The summed E-state index contributed by atoms with van der Waals surface area (Å²) >= 11 is 2.07. The van der Waals surface area contributed by atoms with E-state index in [1.54, 1.807) is 0 Å². The Balaban J connectivity index is 2.03. The number of rotatable bonds is 6. The third-order valence-electron chi connectivity index (χ3n) is 2.82. The quantitative estimate of drug-likeness (QED) is 0.608. The fourth-order valence-corrected chi connectivity index (χ4v) is 2.77. The van der Waals surface area contributed by atoms with Crippen molar-refractivity contribution >= 4 is 11.8 Å². The molecule has 1 nitrogen and oxygen atoms in total. The molecule has 1 saturated heterocycles. The van der Waals surface area contributed by atoms with Crippen LogP contribution in [0.4, 0.5) is 0 Å². The molecule has 0 bridgehead atoms. The molecular formula is C11H23NS. The molecule has 1 aliphatic heterocycles. The molecule has 1 atom stereocenters. The Bertz CT molecular complexity index is 127. The SMILES string of the molecule is CCCC1CCN(CCSCC)C1. The van der Waals surface area contributed by atoms with Crippen molar-refractivity contribution in [2.75, 3.05) is 31.1 Å². The van der Waals surface area contributed by atoms with Crippen LogP contribution in [0.1, 0.15) is 33.1 Å². The van der Waals surface area contributed by atoms with E-state index in [4.69, 9.17) is 0 Å². The number of hydrogen-bond donors (Lipinski definition) is 0. The maximum absolute atomic E-state index is 2.64. The molecule has 0 saturated carbocycles. The van der Waals surface area contributed by atoms with Crippen molar-refractivity contribution in [2.45, 2.75) is 33.1 Å². The van der Waals surface area contributed by atoms with Gasteiger partial charge in [-0.15, -0.1) is 0 Å². The topological polar surface area (TPSA) is 3.24 Å². The summed E-state index contributed by atoms with van der Waals surface area (Å²) in [5.74, 6) is 3.61. The lowest BCUT2D eigenvalue weighted by molar-refractivity contribution is 0.340. The zero-order valence-corrected chi connectivity index (χ0v) is 9.91. The van der Waals surface area contributed by atoms with Gasteiger partial charge in [-0.25, -0.2) is 0 Å². The molecular weight excluding hydrogens is 178 g/mol. The zero-order chi connectivity index (χ0) is 9.52. The average Bonchev–Trinajstić information content (AvgIpc) is 2.54. The molecule has 1 aliphatic rings. The molecule has 1 fully saturated rings. The van der Waals surface area contributed by atoms with Gasteiger partial charge in [0.1, 0.15) is 0 Å². The monoisotopic (exact) mass is 201 g/mol. The first-order valence-corrected chi connectivity index (χ1v) is 6.82. The zero-order valence-electron chi connectivity index (χ0n) is 9.09. The van der Waals surface area contributed by atoms with Crippen molar-refractivity contribution in [3.05, 3.63) is 0 Å². The van der Waals surface area contributed by atoms with Crippen LogP contribution in [-0.2, 0) is 0 Å². The van der Waals surface area contributed by atoms with Gasteiger partial charge in [-0.3, -0.25) is 0 Å². The van der Waals surface area contributed by atoms with Gasteiger partial charge < -0.3 is 4.90 Å². The summed E-state index contributed by atoms with van der Waals surface area (Å²) in [6.45, 7) is 8.59. The minimum absolute atomic E-state index is 1.01. The predicted molar refractivity (Wildman–Crippen MR) is 62.5 cm³/mol. The van der Waals surface area contributed by atoms with Gasteiger partial charge in [0, 0.05) is 18.8 Å². The van der Waals surface area contributed by atoms with E-state index in [2.05, 4.69) is 30.5 Å². The second-order valence-electron chi connectivity index (χ2n) is 3.94. The predicted octanol–water partition coefficient (Wildman–Crippen LogP) is 2.86. The molecule has 0 aromatic rings. The van der Waals surface area contributed by atoms with Crippen molar-refractivity contribution in [2.24, 2.45) is 5.92 Å². The minimum Gasteiger partial charge on any atom is -0.302 e. The summed E-state index contributed by atoms with van der Waals surface area (Å²) in [4.78, 5) is 2.64. The molecule has 1 heterocycles. The first kappa shape index (κ1) is 11.4. The highest BCUT2D eigenvalue weighted by Gasteiger charge is 2.20. The van der Waals surface area contributed by atoms with Gasteiger partial charge in [0.25, 0.3) is 0 Å². The fraction of sp³-hybridized carbons (Fsp3) is 1.00. The highest BCUT2D eigenvalue weighted by molar-refractivity contribution is 7.99. The van der Waals surface area contributed by atoms with Gasteiger partial charge in [-0.2, -0.15) is 11.8 Å². The smallest absolute Gasteiger partial charge is 0.00725 e. The number of hydrogen-bond acceptors (Lipinski definition) is 2. The summed E-state index contributed by atoms with van der Waals surface area (Å²) in [5, 5.41) is 0. The Hall–Kier alpha value is 0.310. The van der Waals surface area contributed by atoms with Crippen molar-refractivity contribution in [1.29, 1.82) is 0 Å². The molecule has 13 heavy (non-hydrogen) atoms. The van der Waals surface area contributed by atoms with Crippen LogP contribution >= 0.6 is 11.8 Å². The Morgan fingerprint density at radius 2 is 2.23 bits per heavy atom. The van der Waals surface area contributed by atoms with Gasteiger partial charge in [-0.1, -0.05) is 20.3 Å². The molecule has 0 spiro atoms. The summed E-state index contributed by atoms with van der Waals surface area (Å²) < 4.78 is 0. The van der Waals surface area contributed by atoms with E-state index in [0.29, 0.717) is 0 Å². The van der Waals surface area contributed by atoms with Crippen LogP contribution in [0.2, 0.25) is 0 Å². The second-order valence-corrected chi connectivity index (χ2v) is 5.33. The van der Waals surface area contributed by atoms with E-state index in [0.717, 1.165) is 5.92 Å². The molecule has 0 aromatic heterocycles. The fourth-order valence-electron chi connectivity index (χ4n) is 2.10. The van der Waals surface area contributed by atoms with Gasteiger partial charge in [-0.05, 0) is 31.1 Å². The highest BCUT2D eigenvalue weighted by Crippen LogP contribution is 2.20. The van der Waals surface area contributed by atoms with E-state index in [-0.39, 0.29) is 0 Å². The largest absolute Gasteiger partial charge is 0.302 e. The summed E-state index contributed by atoms with van der Waals surface area (Å²) in [5.41, 5.74) is 0. The van der Waals surface area contributed by atoms with Crippen LogP contribution in [0.15, 0.2) is 0 Å². The number of likely N-dealkylation sites (tertiary alicyclic amines) is 1. The highest BCUT2D eigenvalue weighted by atomic mass is 32.2. The molecule has 2 heteroatoms. The Labute approximate surface area is 87.3 Å². The lowest BCUT2D eigenvalue weighted by atomic mass is 10.0.